The second kappa shape index (κ2) is 4.19. The van der Waals surface area contributed by atoms with E-state index in [0.717, 1.165) is 25.0 Å². The van der Waals surface area contributed by atoms with Crippen molar-refractivity contribution in [3.8, 4) is 0 Å². The lowest BCUT2D eigenvalue weighted by Gasteiger charge is -2.34. The summed E-state index contributed by atoms with van der Waals surface area (Å²) in [5, 5.41) is 11.1. The second-order valence-electron chi connectivity index (χ2n) is 6.44. The minimum atomic E-state index is -0.0819. The summed E-state index contributed by atoms with van der Waals surface area (Å²) in [6.45, 7) is 6.33. The topological polar surface area (TPSA) is 36.4 Å². The number of fused-ring (bicyclic) bond motifs is 2. The first-order chi connectivity index (χ1) is 9.63. The molecular weight excluding hydrogens is 248 g/mol. The van der Waals surface area contributed by atoms with Crippen molar-refractivity contribution in [2.24, 2.45) is 11.8 Å². The lowest BCUT2D eigenvalue weighted by atomic mass is 9.74. The van der Waals surface area contributed by atoms with Gasteiger partial charge in [0.1, 0.15) is 0 Å². The summed E-state index contributed by atoms with van der Waals surface area (Å²) in [4.78, 5) is 6.99. The summed E-state index contributed by atoms with van der Waals surface area (Å²) in [6, 6.07) is 6.55. The third-order valence-corrected chi connectivity index (χ3v) is 5.03. The van der Waals surface area contributed by atoms with Crippen LogP contribution in [0.15, 0.2) is 24.4 Å². The number of anilines is 1. The molecule has 0 spiro atoms. The summed E-state index contributed by atoms with van der Waals surface area (Å²) >= 11 is 0. The van der Waals surface area contributed by atoms with Crippen LogP contribution >= 0.6 is 0 Å². The summed E-state index contributed by atoms with van der Waals surface area (Å²) in [5.41, 5.74) is 4.91. The van der Waals surface area contributed by atoms with E-state index in [1.165, 1.54) is 22.2 Å². The molecule has 0 amide bonds. The average Bonchev–Trinajstić information content (AvgIpc) is 2.75. The molecule has 3 nitrogen and oxygen atoms in total. The predicted molar refractivity (Wildman–Crippen MR) is 81.0 cm³/mol. The van der Waals surface area contributed by atoms with E-state index < -0.39 is 0 Å². The van der Waals surface area contributed by atoms with Crippen LogP contribution in [-0.4, -0.2) is 29.3 Å². The summed E-state index contributed by atoms with van der Waals surface area (Å²) in [6.07, 6.45) is 2.81. The van der Waals surface area contributed by atoms with E-state index in [1.807, 2.05) is 6.20 Å². The quantitative estimate of drug-likeness (QED) is 0.864. The van der Waals surface area contributed by atoms with Crippen LogP contribution in [0.25, 0.3) is 10.9 Å². The largest absolute Gasteiger partial charge is 0.393 e. The molecule has 3 heteroatoms. The Morgan fingerprint density at radius 2 is 2.10 bits per heavy atom. The third-order valence-electron chi connectivity index (χ3n) is 5.03. The standard InChI is InChI=1S/C17H20N2O/c1-10-5-11(2)17-13(6-10)15(3-4-18-17)19-8-12-7-16(20)14(12)9-19/h3-6,12,14,16,20H,7-9H2,1-2H3/t12-,14+,16-/m1/s1. The van der Waals surface area contributed by atoms with Gasteiger partial charge in [0.15, 0.2) is 0 Å². The zero-order valence-corrected chi connectivity index (χ0v) is 12.0. The number of aryl methyl sites for hydroxylation is 2. The van der Waals surface area contributed by atoms with Gasteiger partial charge in [-0.1, -0.05) is 11.6 Å². The smallest absolute Gasteiger partial charge is 0.0752 e. The molecule has 4 rings (SSSR count). The molecule has 2 heterocycles. The first kappa shape index (κ1) is 12.2. The highest BCUT2D eigenvalue weighted by Crippen LogP contribution is 2.43. The van der Waals surface area contributed by atoms with Gasteiger partial charge in [-0.3, -0.25) is 4.98 Å². The number of aliphatic hydroxyl groups excluding tert-OH is 1. The molecule has 20 heavy (non-hydrogen) atoms. The Balaban J connectivity index is 1.80. The predicted octanol–water partition coefficient (Wildman–Crippen LogP) is 2.67. The van der Waals surface area contributed by atoms with Gasteiger partial charge in [0, 0.05) is 36.3 Å². The number of hydrogen-bond donors (Lipinski definition) is 1. The Labute approximate surface area is 119 Å². The van der Waals surface area contributed by atoms with Crippen LogP contribution in [0.5, 0.6) is 0 Å². The van der Waals surface area contributed by atoms with Crippen molar-refractivity contribution < 1.29 is 5.11 Å². The molecular formula is C17H20N2O. The van der Waals surface area contributed by atoms with Crippen LogP contribution in [-0.2, 0) is 0 Å². The van der Waals surface area contributed by atoms with Crippen LogP contribution < -0.4 is 4.90 Å². The normalized spacial score (nSPS) is 28.6. The second-order valence-corrected chi connectivity index (χ2v) is 6.44. The van der Waals surface area contributed by atoms with Crippen LogP contribution in [0, 0.1) is 25.7 Å². The van der Waals surface area contributed by atoms with Crippen molar-refractivity contribution in [2.45, 2.75) is 26.4 Å². The number of benzene rings is 1. The van der Waals surface area contributed by atoms with Crippen LogP contribution in [0.2, 0.25) is 0 Å². The maximum Gasteiger partial charge on any atom is 0.0752 e. The van der Waals surface area contributed by atoms with Gasteiger partial charge < -0.3 is 10.0 Å². The highest BCUT2D eigenvalue weighted by atomic mass is 16.3. The lowest BCUT2D eigenvalue weighted by Crippen LogP contribution is -2.39. The number of nitrogens with zero attached hydrogens (tertiary/aromatic N) is 2. The molecule has 1 aliphatic carbocycles. The molecule has 0 bridgehead atoms. The number of rotatable bonds is 1. The van der Waals surface area contributed by atoms with Gasteiger partial charge in [0.25, 0.3) is 0 Å². The van der Waals surface area contributed by atoms with Crippen molar-refractivity contribution >= 4 is 16.6 Å². The van der Waals surface area contributed by atoms with Crippen molar-refractivity contribution in [1.82, 2.24) is 4.98 Å². The van der Waals surface area contributed by atoms with Gasteiger partial charge in [-0.15, -0.1) is 0 Å². The molecule has 0 radical (unpaired) electrons. The van der Waals surface area contributed by atoms with Crippen molar-refractivity contribution in [2.75, 3.05) is 18.0 Å². The Morgan fingerprint density at radius 3 is 2.85 bits per heavy atom. The third kappa shape index (κ3) is 1.66. The van der Waals surface area contributed by atoms with Gasteiger partial charge in [0.2, 0.25) is 0 Å². The number of aliphatic hydroxyl groups is 1. The highest BCUT2D eigenvalue weighted by molar-refractivity contribution is 5.94. The molecule has 3 atom stereocenters. The fraction of sp³-hybridized carbons (Fsp3) is 0.471. The first-order valence-corrected chi connectivity index (χ1v) is 7.42. The summed E-state index contributed by atoms with van der Waals surface area (Å²) in [7, 11) is 0. The summed E-state index contributed by atoms with van der Waals surface area (Å²) < 4.78 is 0. The Morgan fingerprint density at radius 1 is 1.25 bits per heavy atom. The number of hydrogen-bond acceptors (Lipinski definition) is 3. The highest BCUT2D eigenvalue weighted by Gasteiger charge is 2.46. The lowest BCUT2D eigenvalue weighted by molar-refractivity contribution is -0.00398. The fourth-order valence-electron chi connectivity index (χ4n) is 3.94. The van der Waals surface area contributed by atoms with Crippen molar-refractivity contribution in [3.63, 3.8) is 0 Å². The Bertz CT molecular complexity index is 682. The van der Waals surface area contributed by atoms with E-state index in [9.17, 15) is 5.11 Å². The first-order valence-electron chi connectivity index (χ1n) is 7.42. The number of aromatic nitrogens is 1. The van der Waals surface area contributed by atoms with Gasteiger partial charge in [-0.25, -0.2) is 0 Å². The van der Waals surface area contributed by atoms with Gasteiger partial charge in [-0.2, -0.15) is 0 Å². The molecule has 1 saturated heterocycles. The molecule has 1 aromatic heterocycles. The monoisotopic (exact) mass is 268 g/mol. The van der Waals surface area contributed by atoms with E-state index in [1.54, 1.807) is 0 Å². The molecule has 0 unspecified atom stereocenters. The van der Waals surface area contributed by atoms with E-state index in [4.69, 9.17) is 0 Å². The Kier molecular flexibility index (Phi) is 2.55. The maximum atomic E-state index is 9.85. The van der Waals surface area contributed by atoms with Gasteiger partial charge in [0.05, 0.1) is 11.6 Å². The average molecular weight is 268 g/mol. The minimum absolute atomic E-state index is 0.0819. The van der Waals surface area contributed by atoms with E-state index in [2.05, 4.69) is 41.9 Å². The molecule has 2 fully saturated rings. The zero-order valence-electron chi connectivity index (χ0n) is 12.0. The SMILES string of the molecule is Cc1cc(C)c2nccc(N3C[C@H]4C[C@@H](O)[C@H]4C3)c2c1. The summed E-state index contributed by atoms with van der Waals surface area (Å²) in [5.74, 6) is 1.16. The molecule has 2 aliphatic rings. The zero-order chi connectivity index (χ0) is 13.9. The van der Waals surface area contributed by atoms with Gasteiger partial charge in [-0.05, 0) is 43.9 Å². The molecule has 1 aromatic carbocycles. The molecule has 1 saturated carbocycles. The molecule has 2 aromatic rings. The Hall–Kier alpha value is -1.61. The number of pyridine rings is 1. The van der Waals surface area contributed by atoms with E-state index in [0.29, 0.717) is 11.8 Å². The molecule has 1 aliphatic heterocycles. The minimum Gasteiger partial charge on any atom is -0.393 e. The fourth-order valence-corrected chi connectivity index (χ4v) is 3.94. The van der Waals surface area contributed by atoms with E-state index in [-0.39, 0.29) is 6.10 Å². The van der Waals surface area contributed by atoms with Crippen molar-refractivity contribution in [3.05, 3.63) is 35.5 Å². The molecule has 104 valence electrons. The van der Waals surface area contributed by atoms with Crippen LogP contribution in [0.1, 0.15) is 17.5 Å². The maximum absolute atomic E-state index is 9.85. The van der Waals surface area contributed by atoms with E-state index >= 15 is 0 Å². The van der Waals surface area contributed by atoms with Crippen LogP contribution in [0.3, 0.4) is 0 Å². The van der Waals surface area contributed by atoms with Gasteiger partial charge >= 0.3 is 0 Å². The molecule has 1 N–H and O–H groups in total. The van der Waals surface area contributed by atoms with Crippen molar-refractivity contribution in [1.29, 1.82) is 0 Å². The van der Waals surface area contributed by atoms with Crippen LogP contribution in [0.4, 0.5) is 5.69 Å².